The molecular formula is C6H14ClNO3. The third-order valence-electron chi connectivity index (χ3n) is 0.724. The Hall–Kier alpha value is -0.320. The van der Waals surface area contributed by atoms with Gasteiger partial charge in [-0.1, -0.05) is 0 Å². The largest absolute Gasteiger partial charge is 0.462 e. The van der Waals surface area contributed by atoms with Crippen LogP contribution in [-0.4, -0.2) is 22.8 Å². The molecule has 0 aliphatic heterocycles. The highest BCUT2D eigenvalue weighted by Crippen LogP contribution is 1.90. The van der Waals surface area contributed by atoms with Crippen LogP contribution in [0.15, 0.2) is 0 Å². The van der Waals surface area contributed by atoms with Crippen LogP contribution in [0.2, 0.25) is 0 Å². The molecule has 0 spiro atoms. The van der Waals surface area contributed by atoms with Crippen molar-refractivity contribution in [3.63, 3.8) is 0 Å². The fourth-order valence-electron chi connectivity index (χ4n) is 0.340. The van der Waals surface area contributed by atoms with Crippen LogP contribution in [0.4, 0.5) is 0 Å². The van der Waals surface area contributed by atoms with Crippen LogP contribution < -0.4 is 5.73 Å². The third-order valence-corrected chi connectivity index (χ3v) is 0.724. The molecular weight excluding hydrogens is 170 g/mol. The van der Waals surface area contributed by atoms with Gasteiger partial charge in [0.15, 0.2) is 0 Å². The minimum absolute atomic E-state index is 0.0662. The van der Waals surface area contributed by atoms with Crippen LogP contribution in [0.1, 0.15) is 20.8 Å². The second kappa shape index (κ2) is 7.78. The quantitative estimate of drug-likeness (QED) is 0.609. The molecule has 11 heavy (non-hydrogen) atoms. The average molecular weight is 184 g/mol. The molecule has 68 valence electrons. The van der Waals surface area contributed by atoms with Crippen LogP contribution in [0, 0.1) is 0 Å². The lowest BCUT2D eigenvalue weighted by atomic mass is 10.4. The van der Waals surface area contributed by atoms with Gasteiger partial charge in [-0.2, -0.15) is 0 Å². The summed E-state index contributed by atoms with van der Waals surface area (Å²) in [5.41, 5.74) is 5.21. The smallest absolute Gasteiger partial charge is 0.322 e. The molecule has 0 saturated carbocycles. The van der Waals surface area contributed by atoms with Gasteiger partial charge in [-0.05, 0) is 20.8 Å². The zero-order valence-electron chi connectivity index (χ0n) is 6.87. The predicted molar refractivity (Wildman–Crippen MR) is 42.9 cm³/mol. The minimum atomic E-state index is -0.507. The van der Waals surface area contributed by atoms with Crippen LogP contribution >= 0.6 is 11.9 Å². The van der Waals surface area contributed by atoms with E-state index in [1.165, 1.54) is 0 Å². The zero-order chi connectivity index (χ0) is 9.44. The summed E-state index contributed by atoms with van der Waals surface area (Å²) in [4.78, 5) is 10.6. The van der Waals surface area contributed by atoms with Crippen molar-refractivity contribution in [2.75, 3.05) is 0 Å². The Labute approximate surface area is 71.5 Å². The number of ether oxygens (including phenoxy) is 1. The van der Waals surface area contributed by atoms with Gasteiger partial charge in [0.25, 0.3) is 0 Å². The molecule has 0 fully saturated rings. The molecule has 5 heteroatoms. The number of carbonyl (C=O) groups excluding carboxylic acids is 1. The molecule has 4 nitrogen and oxygen atoms in total. The molecule has 0 aromatic rings. The van der Waals surface area contributed by atoms with Crippen molar-refractivity contribution >= 4 is 17.8 Å². The number of esters is 1. The first-order chi connectivity index (χ1) is 5.04. The number of rotatable bonds is 2. The van der Waals surface area contributed by atoms with E-state index in [-0.39, 0.29) is 12.1 Å². The molecule has 0 bridgehead atoms. The van der Waals surface area contributed by atoms with E-state index in [0.29, 0.717) is 0 Å². The molecule has 0 aliphatic carbocycles. The number of hydrogen-bond donors (Lipinski definition) is 2. The number of hydrogen-bond acceptors (Lipinski definition) is 4. The molecule has 0 heterocycles. The molecule has 0 aliphatic rings. The molecule has 0 radical (unpaired) electrons. The maximum atomic E-state index is 10.6. The molecule has 0 aromatic heterocycles. The Morgan fingerprint density at radius 2 is 1.82 bits per heavy atom. The maximum Gasteiger partial charge on any atom is 0.322 e. The van der Waals surface area contributed by atoms with Gasteiger partial charge in [0.1, 0.15) is 6.04 Å². The number of carbonyl (C=O) groups is 1. The fourth-order valence-corrected chi connectivity index (χ4v) is 0.340. The third kappa shape index (κ3) is 9.68. The first-order valence-electron chi connectivity index (χ1n) is 3.17. The lowest BCUT2D eigenvalue weighted by Crippen LogP contribution is -2.30. The van der Waals surface area contributed by atoms with E-state index in [2.05, 4.69) is 11.9 Å². The fraction of sp³-hybridized carbons (Fsp3) is 0.833. The lowest BCUT2D eigenvalue weighted by molar-refractivity contribution is -0.148. The lowest BCUT2D eigenvalue weighted by Gasteiger charge is -2.08. The summed E-state index contributed by atoms with van der Waals surface area (Å²) in [5.74, 6) is -0.343. The monoisotopic (exact) mass is 183 g/mol. The molecule has 0 unspecified atom stereocenters. The van der Waals surface area contributed by atoms with Crippen LogP contribution in [0.25, 0.3) is 0 Å². The highest BCUT2D eigenvalue weighted by Gasteiger charge is 2.09. The summed E-state index contributed by atoms with van der Waals surface area (Å²) < 4.78 is 11.2. The van der Waals surface area contributed by atoms with Crippen LogP contribution in [0.3, 0.4) is 0 Å². The van der Waals surface area contributed by atoms with Crippen molar-refractivity contribution in [2.24, 2.45) is 5.73 Å². The maximum absolute atomic E-state index is 10.6. The zero-order valence-corrected chi connectivity index (χ0v) is 7.63. The Bertz CT molecular complexity index is 106. The van der Waals surface area contributed by atoms with Gasteiger partial charge in [-0.25, -0.2) is 0 Å². The summed E-state index contributed by atoms with van der Waals surface area (Å²) in [6.45, 7) is 5.19. The van der Waals surface area contributed by atoms with Gasteiger partial charge in [-0.3, -0.25) is 9.45 Å². The molecule has 0 amide bonds. The minimum Gasteiger partial charge on any atom is -0.462 e. The van der Waals surface area contributed by atoms with E-state index < -0.39 is 6.04 Å². The average Bonchev–Trinajstić information content (AvgIpc) is 1.90. The number of nitrogens with two attached hydrogens (primary N) is 1. The van der Waals surface area contributed by atoms with Gasteiger partial charge in [0.05, 0.1) is 18.0 Å². The van der Waals surface area contributed by atoms with Gasteiger partial charge in [0, 0.05) is 0 Å². The Balaban J connectivity index is 0. The van der Waals surface area contributed by atoms with Crippen molar-refractivity contribution in [1.82, 2.24) is 0 Å². The summed E-state index contributed by atoms with van der Waals surface area (Å²) in [6, 6.07) is -0.507. The standard InChI is InChI=1S/C6H13NO2.ClHO/c1-4(2)9-6(8)5(3)7;1-2/h4-5H,7H2,1-3H3;2H/t5-;/m0./s1. The topological polar surface area (TPSA) is 72.5 Å². The Morgan fingerprint density at radius 3 is 1.91 bits per heavy atom. The summed E-state index contributed by atoms with van der Waals surface area (Å²) in [6.07, 6.45) is -0.0662. The van der Waals surface area contributed by atoms with Gasteiger partial charge < -0.3 is 10.5 Å². The Morgan fingerprint density at radius 1 is 1.45 bits per heavy atom. The van der Waals surface area contributed by atoms with E-state index >= 15 is 0 Å². The van der Waals surface area contributed by atoms with Gasteiger partial charge >= 0.3 is 5.97 Å². The van der Waals surface area contributed by atoms with Gasteiger partial charge in [0.2, 0.25) is 0 Å². The van der Waals surface area contributed by atoms with Crippen molar-refractivity contribution in [2.45, 2.75) is 32.9 Å². The summed E-state index contributed by atoms with van der Waals surface area (Å²) >= 11 is 3.64. The van der Waals surface area contributed by atoms with Crippen molar-refractivity contribution < 1.29 is 14.2 Å². The van der Waals surface area contributed by atoms with Crippen molar-refractivity contribution in [3.05, 3.63) is 0 Å². The van der Waals surface area contributed by atoms with E-state index in [4.69, 9.17) is 15.1 Å². The second-order valence-electron chi connectivity index (χ2n) is 2.27. The second-order valence-corrected chi connectivity index (χ2v) is 2.27. The summed E-state index contributed by atoms with van der Waals surface area (Å²) in [5, 5.41) is 0. The van der Waals surface area contributed by atoms with Crippen molar-refractivity contribution in [1.29, 1.82) is 0 Å². The summed E-state index contributed by atoms with van der Waals surface area (Å²) in [7, 11) is 0. The molecule has 0 saturated heterocycles. The molecule has 3 N–H and O–H groups in total. The van der Waals surface area contributed by atoms with Crippen LogP contribution in [0.5, 0.6) is 0 Å². The van der Waals surface area contributed by atoms with Crippen molar-refractivity contribution in [3.8, 4) is 0 Å². The molecule has 0 rings (SSSR count). The van der Waals surface area contributed by atoms with Crippen LogP contribution in [-0.2, 0) is 9.53 Å². The molecule has 0 aromatic carbocycles. The normalized spacial score (nSPS) is 11.5. The van der Waals surface area contributed by atoms with E-state index in [9.17, 15) is 4.79 Å². The van der Waals surface area contributed by atoms with E-state index in [1.54, 1.807) is 20.8 Å². The molecule has 1 atom stereocenters. The predicted octanol–water partition coefficient (Wildman–Crippen LogP) is 0.418. The van der Waals surface area contributed by atoms with E-state index in [1.807, 2.05) is 0 Å². The SMILES string of the molecule is CC(C)OC(=O)[C@H](C)N.OCl. The first-order valence-corrected chi connectivity index (χ1v) is 3.51. The van der Waals surface area contributed by atoms with E-state index in [0.717, 1.165) is 0 Å². The highest BCUT2D eigenvalue weighted by atomic mass is 35.5. The highest BCUT2D eigenvalue weighted by molar-refractivity contribution is 6.04. The van der Waals surface area contributed by atoms with Gasteiger partial charge in [-0.15, -0.1) is 0 Å². The first kappa shape index (κ1) is 13.3. The number of halogens is 1. The Kier molecular flexibility index (Phi) is 9.40.